The van der Waals surface area contributed by atoms with Crippen molar-refractivity contribution in [3.63, 3.8) is 0 Å². The number of hydrogen-bond acceptors (Lipinski definition) is 28. The third kappa shape index (κ3) is 41.4. The van der Waals surface area contributed by atoms with Gasteiger partial charge in [0.1, 0.15) is 67.5 Å². The van der Waals surface area contributed by atoms with Gasteiger partial charge in [0.2, 0.25) is 29.5 Å². The van der Waals surface area contributed by atoms with Crippen molar-refractivity contribution in [2.75, 3.05) is 137 Å². The molecule has 0 bridgehead atoms. The van der Waals surface area contributed by atoms with Gasteiger partial charge in [0, 0.05) is 111 Å². The number of alkyl carbamates (subject to hydrolysis) is 2. The van der Waals surface area contributed by atoms with Gasteiger partial charge in [-0.1, -0.05) is 91.0 Å². The highest BCUT2D eigenvalue weighted by Crippen LogP contribution is 2.31. The minimum absolute atomic E-state index is 0.00515. The highest BCUT2D eigenvalue weighted by Gasteiger charge is 2.46. The van der Waals surface area contributed by atoms with Crippen LogP contribution in [-0.2, 0) is 91.3 Å². The summed E-state index contributed by atoms with van der Waals surface area (Å²) in [5.41, 5.74) is 34.5. The summed E-state index contributed by atoms with van der Waals surface area (Å²) >= 11 is 0. The van der Waals surface area contributed by atoms with E-state index in [-0.39, 0.29) is 154 Å². The minimum Gasteiger partial charge on any atom is -0.459 e. The summed E-state index contributed by atoms with van der Waals surface area (Å²) in [6.45, 7) is 18.2. The number of unbranched alkanes of at least 4 members (excludes halogenated alkanes) is 2. The van der Waals surface area contributed by atoms with Crippen LogP contribution in [0.2, 0.25) is 0 Å². The van der Waals surface area contributed by atoms with E-state index in [9.17, 15) is 38.4 Å². The van der Waals surface area contributed by atoms with E-state index in [1.165, 1.54) is 4.90 Å². The lowest BCUT2D eigenvalue weighted by atomic mass is 10.0. The summed E-state index contributed by atoms with van der Waals surface area (Å²) in [5.74, 6) is -4.08. The molecule has 3 aromatic rings. The maximum absolute atomic E-state index is 15.9. The van der Waals surface area contributed by atoms with Crippen LogP contribution in [0.1, 0.15) is 207 Å². The predicted molar refractivity (Wildman–Crippen MR) is 491 cm³/mol. The number of nitrogens with one attached hydrogen (secondary N) is 5. The van der Waals surface area contributed by atoms with Crippen molar-refractivity contribution in [2.45, 2.75) is 276 Å². The van der Waals surface area contributed by atoms with Crippen molar-refractivity contribution in [3.05, 3.63) is 108 Å². The largest absolute Gasteiger partial charge is 0.459 e. The Morgan fingerprint density at radius 1 is 0.512 bits per heavy atom. The molecule has 6 rings (SSSR count). The highest BCUT2D eigenvalue weighted by atomic mass is 16.6. The first-order valence-electron chi connectivity index (χ1n) is 46.7. The molecule has 129 heavy (non-hydrogen) atoms. The molecule has 3 heterocycles. The van der Waals surface area contributed by atoms with E-state index < -0.39 is 114 Å². The fourth-order valence-electron chi connectivity index (χ4n) is 15.6. The third-order valence-electron chi connectivity index (χ3n) is 22.6. The first-order chi connectivity index (χ1) is 61.8. The molecule has 0 aromatic heterocycles. The van der Waals surface area contributed by atoms with Crippen molar-refractivity contribution in [1.82, 2.24) is 60.9 Å². The number of epoxide rings is 1. The van der Waals surface area contributed by atoms with Crippen molar-refractivity contribution >= 4 is 65.7 Å². The van der Waals surface area contributed by atoms with Gasteiger partial charge >= 0.3 is 36.2 Å². The quantitative estimate of drug-likeness (QED) is 0.0142. The second kappa shape index (κ2) is 58.5. The smallest absolute Gasteiger partial charge is 0.413 e. The highest BCUT2D eigenvalue weighted by molar-refractivity contribution is 5.89. The summed E-state index contributed by atoms with van der Waals surface area (Å²) in [7, 11) is 0. The van der Waals surface area contributed by atoms with E-state index in [4.69, 9.17) is 67.6 Å². The van der Waals surface area contributed by atoms with E-state index in [0.29, 0.717) is 161 Å². The number of nitrogens with zero attached hydrogens (tertiary/aromatic N) is 7. The van der Waals surface area contributed by atoms with Crippen LogP contribution in [-0.4, -0.2) is 303 Å². The van der Waals surface area contributed by atoms with Crippen LogP contribution in [0.25, 0.3) is 0 Å². The number of ether oxygens (including phenoxy) is 7. The van der Waals surface area contributed by atoms with Crippen molar-refractivity contribution in [1.29, 1.82) is 0 Å². The van der Waals surface area contributed by atoms with Gasteiger partial charge in [0.15, 0.2) is 5.72 Å². The summed E-state index contributed by atoms with van der Waals surface area (Å²) in [4.78, 5) is 173. The number of carbonyl (C=O) groups is 11. The first-order valence-corrected chi connectivity index (χ1v) is 46.7. The number of cyclic esters (lactones) is 1. The predicted octanol–water partition coefficient (Wildman–Crippen LogP) is 5.56. The van der Waals surface area contributed by atoms with Gasteiger partial charge in [-0.15, -0.1) is 0 Å². The van der Waals surface area contributed by atoms with Gasteiger partial charge in [-0.2, -0.15) is 0 Å². The van der Waals surface area contributed by atoms with E-state index in [2.05, 4.69) is 26.6 Å². The minimum atomic E-state index is -1.72. The molecule has 8 atom stereocenters. The molecule has 36 heteroatoms. The summed E-state index contributed by atoms with van der Waals surface area (Å²) < 4.78 is 42.5. The number of nitrogens with two attached hydrogens (primary N) is 6. The van der Waals surface area contributed by atoms with Gasteiger partial charge < -0.3 is 104 Å². The van der Waals surface area contributed by atoms with Crippen LogP contribution in [0.5, 0.6) is 0 Å². The summed E-state index contributed by atoms with van der Waals surface area (Å²) in [6, 6.07) is 21.3. The molecular weight excluding hydrogens is 1660 g/mol. The number of esters is 3. The zero-order valence-corrected chi connectivity index (χ0v) is 78.0. The molecule has 724 valence electrons. The molecule has 0 aliphatic carbocycles. The molecule has 3 aliphatic heterocycles. The third-order valence-corrected chi connectivity index (χ3v) is 22.6. The Bertz CT molecular complexity index is 3810. The van der Waals surface area contributed by atoms with Crippen molar-refractivity contribution < 1.29 is 85.9 Å². The Morgan fingerprint density at radius 3 is 1.40 bits per heavy atom. The SMILES string of the molecule is CC(C)(C)OC(=O)C(CCC(=O)NC(CCCCNC(=O)OCc1ccccc1)C(=O)N(CCCN)CCCN)N1CCN(C(CCC2OC2NC(CCCCNC(=O)OCc2ccccc2)C(=O)N(CCCN)CCCN)C(=O)OC(C)(C)C)CCN(C2CCC(=O)NC(C(=O)N(CCCN)CCCN)CCCCN(C(=O)OCc3ccccc3)C(C)(C)OC2=O)CC1. The first kappa shape index (κ1) is 109. The van der Waals surface area contributed by atoms with Crippen LogP contribution in [0.15, 0.2) is 91.0 Å². The average molecular weight is 1810 g/mol. The number of amides is 8. The maximum Gasteiger partial charge on any atom is 0.413 e. The summed E-state index contributed by atoms with van der Waals surface area (Å²) in [5, 5.41) is 15.1. The fraction of sp³-hybridized carbons (Fsp3) is 0.688. The van der Waals surface area contributed by atoms with Gasteiger partial charge in [0.25, 0.3) is 0 Å². The number of carbonyl (C=O) groups excluding carboxylic acids is 11. The lowest BCUT2D eigenvalue weighted by molar-refractivity contribution is -0.180. The lowest BCUT2D eigenvalue weighted by Crippen LogP contribution is -2.56. The standard InChI is InChI=1S/C93H154N18O18/c1-91(2,3)127-85(117)75(39-42-78-81(126-78)104-74(84(116)110(57-28-49-98)58-29-50-99)37-19-22-52-101-89(121)124-67-70-32-14-10-15-33-70)105-60-62-106(76(86(118)128-92(4,5)6)40-43-79(112)102-72(82(114)108(53-24-45-94)54-25-46-95)36-18-21-51-100-88(120)123-66-69-30-12-9-13-31-69)63-65-107(64-61-105)77-41-44-80(113)103-73(83(115)109(55-26-47-96)56-27-48-97)38-20-23-59-111(93(7,8)129-87(77)119)90(122)125-68-71-34-16-11-17-35-71/h9-17,30-35,72-78,81,104H,18-29,36-68,94-99H2,1-8H3,(H,100,120)(H,101,121)(H,102,112)(H,103,113). The maximum atomic E-state index is 15.9. The van der Waals surface area contributed by atoms with Gasteiger partial charge in [0.05, 0.1) is 12.1 Å². The topological polar surface area (TPSA) is 495 Å². The molecule has 3 fully saturated rings. The Kier molecular flexibility index (Phi) is 49.3. The molecule has 0 spiro atoms. The van der Waals surface area contributed by atoms with E-state index in [1.807, 2.05) is 106 Å². The second-order valence-corrected chi connectivity index (χ2v) is 35.8. The molecule has 3 aromatic carbocycles. The molecule has 3 saturated heterocycles. The average Bonchev–Trinajstić information content (AvgIpc) is 1.43. The molecule has 0 radical (unpaired) electrons. The number of benzene rings is 3. The Balaban J connectivity index is 1.41. The van der Waals surface area contributed by atoms with Gasteiger partial charge in [-0.25, -0.2) is 14.4 Å². The summed E-state index contributed by atoms with van der Waals surface area (Å²) in [6.07, 6.45) is 2.48. The normalized spacial score (nSPS) is 18.4. The van der Waals surface area contributed by atoms with E-state index in [1.54, 1.807) is 70.1 Å². The lowest BCUT2D eigenvalue weighted by Gasteiger charge is -2.40. The van der Waals surface area contributed by atoms with Gasteiger partial charge in [-0.3, -0.25) is 63.3 Å². The van der Waals surface area contributed by atoms with E-state index >= 15 is 14.4 Å². The van der Waals surface area contributed by atoms with Crippen LogP contribution in [0.3, 0.4) is 0 Å². The zero-order chi connectivity index (χ0) is 94.2. The zero-order valence-electron chi connectivity index (χ0n) is 78.0. The fourth-order valence-corrected chi connectivity index (χ4v) is 15.6. The van der Waals surface area contributed by atoms with Crippen LogP contribution in [0.4, 0.5) is 14.4 Å². The van der Waals surface area contributed by atoms with Crippen LogP contribution in [0, 0.1) is 0 Å². The van der Waals surface area contributed by atoms with Crippen molar-refractivity contribution in [2.24, 2.45) is 34.4 Å². The number of rotatable bonds is 51. The van der Waals surface area contributed by atoms with Gasteiger partial charge in [-0.05, 0) is 233 Å². The number of hydrogen-bond donors (Lipinski definition) is 11. The van der Waals surface area contributed by atoms with Crippen LogP contribution >= 0.6 is 0 Å². The monoisotopic (exact) mass is 1810 g/mol. The molecular formula is C93H154N18O18. The molecule has 8 amide bonds. The molecule has 0 saturated carbocycles. The second-order valence-electron chi connectivity index (χ2n) is 35.8. The Labute approximate surface area is 764 Å². The van der Waals surface area contributed by atoms with E-state index in [0.717, 1.165) is 11.1 Å². The molecule has 36 nitrogen and oxygen atoms in total. The van der Waals surface area contributed by atoms with Crippen LogP contribution < -0.4 is 61.0 Å². The Hall–Kier alpha value is -9.21. The molecule has 3 aliphatic rings. The molecule has 8 unspecified atom stereocenters. The Morgan fingerprint density at radius 2 is 0.938 bits per heavy atom. The van der Waals surface area contributed by atoms with Crippen molar-refractivity contribution in [3.8, 4) is 0 Å². The molecule has 17 N–H and O–H groups in total.